The molecule has 0 spiro atoms. The number of hydrogen-bond acceptors (Lipinski definition) is 3. The number of esters is 1. The number of benzene rings is 2. The van der Waals surface area contributed by atoms with Gasteiger partial charge >= 0.3 is 5.97 Å². The highest BCUT2D eigenvalue weighted by molar-refractivity contribution is 5.76. The number of nitrogens with two attached hydrogens (primary N) is 1. The van der Waals surface area contributed by atoms with Crippen LogP contribution in [-0.2, 0) is 16.0 Å². The van der Waals surface area contributed by atoms with Crippen LogP contribution < -0.4 is 5.73 Å². The Bertz CT molecular complexity index is 605. The molecule has 0 aliphatic carbocycles. The van der Waals surface area contributed by atoms with Crippen molar-refractivity contribution in [3.8, 4) is 11.1 Å². The predicted molar refractivity (Wildman–Crippen MR) is 84.9 cm³/mol. The minimum Gasteiger partial charge on any atom is -0.465 e. The van der Waals surface area contributed by atoms with E-state index in [1.165, 1.54) is 5.56 Å². The summed E-state index contributed by atoms with van der Waals surface area (Å²) in [5.74, 6) is -0.349. The second kappa shape index (κ2) is 7.04. The lowest BCUT2D eigenvalue weighted by Crippen LogP contribution is -2.34. The number of rotatable bonds is 5. The maximum absolute atomic E-state index is 11.6. The molecule has 2 aromatic rings. The minimum atomic E-state index is -0.613. The molecule has 0 heterocycles. The Morgan fingerprint density at radius 3 is 2.52 bits per heavy atom. The maximum atomic E-state index is 11.6. The van der Waals surface area contributed by atoms with Crippen LogP contribution in [0.2, 0.25) is 0 Å². The van der Waals surface area contributed by atoms with Crippen LogP contribution in [0.3, 0.4) is 0 Å². The molecule has 3 heteroatoms. The summed E-state index contributed by atoms with van der Waals surface area (Å²) in [6, 6.07) is 15.9. The van der Waals surface area contributed by atoms with Gasteiger partial charge in [0, 0.05) is 0 Å². The fourth-order valence-electron chi connectivity index (χ4n) is 2.21. The lowest BCUT2D eigenvalue weighted by molar-refractivity contribution is -0.144. The highest BCUT2D eigenvalue weighted by Crippen LogP contribution is 2.21. The molecule has 2 N–H and O–H groups in total. The first kappa shape index (κ1) is 15.3. The van der Waals surface area contributed by atoms with Gasteiger partial charge in [0.05, 0.1) is 6.61 Å². The zero-order chi connectivity index (χ0) is 15.2. The van der Waals surface area contributed by atoms with Gasteiger partial charge in [0.1, 0.15) is 6.04 Å². The van der Waals surface area contributed by atoms with Crippen LogP contribution in [0.4, 0.5) is 0 Å². The first-order valence-corrected chi connectivity index (χ1v) is 7.18. The lowest BCUT2D eigenvalue weighted by Gasteiger charge is -2.11. The summed E-state index contributed by atoms with van der Waals surface area (Å²) in [7, 11) is 0. The fourth-order valence-corrected chi connectivity index (χ4v) is 2.21. The Hall–Kier alpha value is -2.13. The average Bonchev–Trinajstić information content (AvgIpc) is 2.48. The molecule has 0 saturated heterocycles. The number of hydrogen-bond donors (Lipinski definition) is 1. The molecule has 0 saturated carbocycles. The molecule has 0 aliphatic heterocycles. The standard InChI is InChI=1S/C18H21NO2/c1-3-21-18(20)17(19)12-14-5-4-6-16(11-14)15-9-7-13(2)8-10-15/h4-11,17H,3,12,19H2,1-2H3/t17-/m0/s1. The van der Waals surface area contributed by atoms with E-state index < -0.39 is 6.04 Å². The highest BCUT2D eigenvalue weighted by Gasteiger charge is 2.15. The first-order valence-electron chi connectivity index (χ1n) is 7.18. The third kappa shape index (κ3) is 4.17. The molecular formula is C18H21NO2. The lowest BCUT2D eigenvalue weighted by atomic mass is 9.99. The summed E-state index contributed by atoms with van der Waals surface area (Å²) >= 11 is 0. The summed E-state index contributed by atoms with van der Waals surface area (Å²) in [6.45, 7) is 4.21. The largest absolute Gasteiger partial charge is 0.465 e. The monoisotopic (exact) mass is 283 g/mol. The fraction of sp³-hybridized carbons (Fsp3) is 0.278. The summed E-state index contributed by atoms with van der Waals surface area (Å²) < 4.78 is 4.94. The Morgan fingerprint density at radius 2 is 1.86 bits per heavy atom. The molecule has 1 atom stereocenters. The van der Waals surface area contributed by atoms with E-state index in [2.05, 4.69) is 43.3 Å². The van der Waals surface area contributed by atoms with E-state index in [1.807, 2.05) is 12.1 Å². The molecule has 0 amide bonds. The highest BCUT2D eigenvalue weighted by atomic mass is 16.5. The van der Waals surface area contributed by atoms with Gasteiger partial charge in [-0.15, -0.1) is 0 Å². The van der Waals surface area contributed by atoms with E-state index >= 15 is 0 Å². The molecule has 0 aliphatic rings. The van der Waals surface area contributed by atoms with Crippen molar-refractivity contribution in [3.63, 3.8) is 0 Å². The Balaban J connectivity index is 2.14. The second-order valence-corrected chi connectivity index (χ2v) is 5.13. The van der Waals surface area contributed by atoms with Crippen molar-refractivity contribution in [2.45, 2.75) is 26.3 Å². The van der Waals surface area contributed by atoms with Gasteiger partial charge in [-0.1, -0.05) is 54.1 Å². The minimum absolute atomic E-state index is 0.349. The number of carbonyl (C=O) groups is 1. The second-order valence-electron chi connectivity index (χ2n) is 5.13. The van der Waals surface area contributed by atoms with Crippen molar-refractivity contribution in [2.24, 2.45) is 5.73 Å². The summed E-state index contributed by atoms with van der Waals surface area (Å²) in [6.07, 6.45) is 0.485. The van der Waals surface area contributed by atoms with Crippen LogP contribution >= 0.6 is 0 Å². The van der Waals surface area contributed by atoms with E-state index in [0.717, 1.165) is 16.7 Å². The molecule has 0 fully saturated rings. The number of aryl methyl sites for hydroxylation is 1. The Kier molecular flexibility index (Phi) is 5.12. The summed E-state index contributed by atoms with van der Waals surface area (Å²) in [5.41, 5.74) is 10.4. The van der Waals surface area contributed by atoms with Crippen LogP contribution in [-0.4, -0.2) is 18.6 Å². The molecule has 3 nitrogen and oxygen atoms in total. The van der Waals surface area contributed by atoms with Gasteiger partial charge in [0.2, 0.25) is 0 Å². The average molecular weight is 283 g/mol. The zero-order valence-corrected chi connectivity index (χ0v) is 12.5. The number of ether oxygens (including phenoxy) is 1. The maximum Gasteiger partial charge on any atom is 0.323 e. The van der Waals surface area contributed by atoms with Crippen LogP contribution in [0.5, 0.6) is 0 Å². The molecule has 2 aromatic carbocycles. The molecule has 0 aromatic heterocycles. The summed E-state index contributed by atoms with van der Waals surface area (Å²) in [4.78, 5) is 11.6. The third-order valence-corrected chi connectivity index (χ3v) is 3.36. The van der Waals surface area contributed by atoms with Gasteiger partial charge in [0.25, 0.3) is 0 Å². The quantitative estimate of drug-likeness (QED) is 0.858. The summed E-state index contributed by atoms with van der Waals surface area (Å²) in [5, 5.41) is 0. The first-order chi connectivity index (χ1) is 10.1. The molecule has 21 heavy (non-hydrogen) atoms. The molecule has 0 radical (unpaired) electrons. The smallest absolute Gasteiger partial charge is 0.323 e. The van der Waals surface area contributed by atoms with Crippen molar-refractivity contribution in [2.75, 3.05) is 6.61 Å². The van der Waals surface area contributed by atoms with Gasteiger partial charge in [0.15, 0.2) is 0 Å². The van der Waals surface area contributed by atoms with Gasteiger partial charge in [-0.3, -0.25) is 4.79 Å². The predicted octanol–water partition coefficient (Wildman–Crippen LogP) is 3.09. The van der Waals surface area contributed by atoms with Gasteiger partial charge in [-0.05, 0) is 37.0 Å². The SMILES string of the molecule is CCOC(=O)[C@@H](N)Cc1cccc(-c2ccc(C)cc2)c1. The van der Waals surface area contributed by atoms with Crippen molar-refractivity contribution in [3.05, 3.63) is 59.7 Å². The third-order valence-electron chi connectivity index (χ3n) is 3.36. The van der Waals surface area contributed by atoms with E-state index in [1.54, 1.807) is 6.92 Å². The molecule has 0 bridgehead atoms. The Morgan fingerprint density at radius 1 is 1.14 bits per heavy atom. The topological polar surface area (TPSA) is 52.3 Å². The van der Waals surface area contributed by atoms with Crippen LogP contribution in [0, 0.1) is 6.92 Å². The van der Waals surface area contributed by atoms with E-state index in [4.69, 9.17) is 10.5 Å². The molecule has 110 valence electrons. The van der Waals surface area contributed by atoms with Crippen LogP contribution in [0.1, 0.15) is 18.1 Å². The van der Waals surface area contributed by atoms with Crippen molar-refractivity contribution >= 4 is 5.97 Å². The molecule has 0 unspecified atom stereocenters. The zero-order valence-electron chi connectivity index (χ0n) is 12.5. The molecule has 2 rings (SSSR count). The van der Waals surface area contributed by atoms with E-state index in [9.17, 15) is 4.79 Å². The Labute approximate surface area is 125 Å². The van der Waals surface area contributed by atoms with Crippen LogP contribution in [0.25, 0.3) is 11.1 Å². The van der Waals surface area contributed by atoms with Crippen molar-refractivity contribution in [1.29, 1.82) is 0 Å². The number of carbonyl (C=O) groups excluding carboxylic acids is 1. The molecular weight excluding hydrogens is 262 g/mol. The van der Waals surface area contributed by atoms with Crippen molar-refractivity contribution < 1.29 is 9.53 Å². The normalized spacial score (nSPS) is 12.0. The van der Waals surface area contributed by atoms with E-state index in [0.29, 0.717) is 13.0 Å². The van der Waals surface area contributed by atoms with Gasteiger partial charge < -0.3 is 10.5 Å². The van der Waals surface area contributed by atoms with Gasteiger partial charge in [-0.25, -0.2) is 0 Å². The van der Waals surface area contributed by atoms with E-state index in [-0.39, 0.29) is 5.97 Å². The van der Waals surface area contributed by atoms with Crippen molar-refractivity contribution in [1.82, 2.24) is 0 Å². The van der Waals surface area contributed by atoms with Crippen LogP contribution in [0.15, 0.2) is 48.5 Å². The van der Waals surface area contributed by atoms with Gasteiger partial charge in [-0.2, -0.15) is 0 Å².